The van der Waals surface area contributed by atoms with Crippen LogP contribution in [0.4, 0.5) is 11.4 Å². The van der Waals surface area contributed by atoms with Crippen molar-refractivity contribution in [2.24, 2.45) is 10.2 Å². The van der Waals surface area contributed by atoms with Crippen LogP contribution in [0.25, 0.3) is 10.9 Å². The molecule has 0 saturated heterocycles. The molecule has 0 bridgehead atoms. The third-order valence-corrected chi connectivity index (χ3v) is 4.10. The highest BCUT2D eigenvalue weighted by atomic mass is 16.6. The number of fused-ring (bicyclic) bond motifs is 1. The first-order valence-electron chi connectivity index (χ1n) is 8.72. The van der Waals surface area contributed by atoms with Crippen molar-refractivity contribution >= 4 is 34.1 Å². The molecular weight excluding hydrogens is 378 g/mol. The van der Waals surface area contributed by atoms with Gasteiger partial charge in [0, 0.05) is 36.0 Å². The van der Waals surface area contributed by atoms with Crippen molar-refractivity contribution in [2.45, 2.75) is 12.8 Å². The third-order valence-electron chi connectivity index (χ3n) is 4.10. The molecule has 29 heavy (non-hydrogen) atoms. The summed E-state index contributed by atoms with van der Waals surface area (Å²) in [6, 6.07) is 12.7. The van der Waals surface area contributed by atoms with E-state index in [1.54, 1.807) is 24.3 Å². The van der Waals surface area contributed by atoms with Gasteiger partial charge in [0.1, 0.15) is 0 Å². The monoisotopic (exact) mass is 395 g/mol. The number of benzene rings is 2. The van der Waals surface area contributed by atoms with Crippen LogP contribution in [0.2, 0.25) is 0 Å². The number of hydrogen-bond donors (Lipinski definition) is 3. The molecule has 3 rings (SSSR count). The largest absolute Gasteiger partial charge is 0.493 e. The van der Waals surface area contributed by atoms with Crippen molar-refractivity contribution in [3.8, 4) is 5.88 Å². The van der Waals surface area contributed by atoms with Crippen LogP contribution in [0, 0.1) is 10.1 Å². The maximum atomic E-state index is 11.9. The molecule has 2 amide bonds. The Balaban J connectivity index is 1.56. The zero-order chi connectivity index (χ0) is 20.8. The van der Waals surface area contributed by atoms with E-state index in [2.05, 4.69) is 20.5 Å². The van der Waals surface area contributed by atoms with E-state index in [1.807, 2.05) is 6.07 Å². The summed E-state index contributed by atoms with van der Waals surface area (Å²) in [5, 5.41) is 31.1. The second-order valence-corrected chi connectivity index (χ2v) is 6.13. The van der Waals surface area contributed by atoms with Crippen LogP contribution in [0.3, 0.4) is 0 Å². The Labute approximate surface area is 164 Å². The first kappa shape index (κ1) is 19.7. The molecule has 0 spiro atoms. The number of aromatic amines is 1. The van der Waals surface area contributed by atoms with E-state index < -0.39 is 10.8 Å². The fourth-order valence-electron chi connectivity index (χ4n) is 2.66. The predicted octanol–water partition coefficient (Wildman–Crippen LogP) is 3.60. The molecule has 0 aliphatic carbocycles. The quantitative estimate of drug-likeness (QED) is 0.242. The first-order chi connectivity index (χ1) is 14.0. The topological polar surface area (TPSA) is 150 Å². The van der Waals surface area contributed by atoms with Gasteiger partial charge in [-0.25, -0.2) is 0 Å². The van der Waals surface area contributed by atoms with Gasteiger partial charge in [-0.2, -0.15) is 0 Å². The minimum Gasteiger partial charge on any atom is -0.493 e. The van der Waals surface area contributed by atoms with Gasteiger partial charge < -0.3 is 15.4 Å². The van der Waals surface area contributed by atoms with E-state index in [-0.39, 0.29) is 35.0 Å². The number of hydrogen-bond acceptors (Lipinski definition) is 6. The number of aromatic hydroxyl groups is 1. The summed E-state index contributed by atoms with van der Waals surface area (Å²) in [7, 11) is 0. The lowest BCUT2D eigenvalue weighted by Crippen LogP contribution is -2.24. The smallest absolute Gasteiger partial charge is 0.270 e. The molecule has 2 aromatic carbocycles. The lowest BCUT2D eigenvalue weighted by molar-refractivity contribution is -0.384. The number of amides is 2. The molecule has 0 atom stereocenters. The molecule has 0 saturated carbocycles. The van der Waals surface area contributed by atoms with Gasteiger partial charge >= 0.3 is 0 Å². The molecule has 0 aliphatic heterocycles. The van der Waals surface area contributed by atoms with Gasteiger partial charge in [0.2, 0.25) is 5.88 Å². The number of non-ortho nitro benzene ring substituents is 1. The summed E-state index contributed by atoms with van der Waals surface area (Å²) >= 11 is 0. The van der Waals surface area contributed by atoms with Crippen LogP contribution in [-0.2, 0) is 4.79 Å². The van der Waals surface area contributed by atoms with Gasteiger partial charge in [-0.05, 0) is 24.6 Å². The van der Waals surface area contributed by atoms with E-state index >= 15 is 0 Å². The van der Waals surface area contributed by atoms with Gasteiger partial charge in [-0.1, -0.05) is 18.2 Å². The van der Waals surface area contributed by atoms with Crippen molar-refractivity contribution in [3.05, 3.63) is 64.2 Å². The lowest BCUT2D eigenvalue weighted by Gasteiger charge is -2.03. The minimum absolute atomic E-state index is 0.0435. The average Bonchev–Trinajstić information content (AvgIpc) is 3.04. The number of rotatable bonds is 7. The van der Waals surface area contributed by atoms with Crippen LogP contribution in [0.5, 0.6) is 5.88 Å². The summed E-state index contributed by atoms with van der Waals surface area (Å²) < 4.78 is 0. The zero-order valence-electron chi connectivity index (χ0n) is 15.2. The molecule has 0 radical (unpaired) electrons. The molecule has 0 aliphatic rings. The van der Waals surface area contributed by atoms with Crippen LogP contribution in [-0.4, -0.2) is 33.4 Å². The third kappa shape index (κ3) is 4.80. The number of carbonyl (C=O) groups is 2. The summed E-state index contributed by atoms with van der Waals surface area (Å²) in [5.74, 6) is -1.12. The molecular formula is C19H17N5O5. The molecule has 1 aromatic heterocycles. The van der Waals surface area contributed by atoms with Gasteiger partial charge in [0.05, 0.1) is 10.4 Å². The number of nitrogens with one attached hydrogen (secondary N) is 2. The molecule has 0 unspecified atom stereocenters. The van der Waals surface area contributed by atoms with E-state index in [4.69, 9.17) is 0 Å². The summed E-state index contributed by atoms with van der Waals surface area (Å²) in [5.41, 5.74) is 0.739. The Morgan fingerprint density at radius 1 is 1.17 bits per heavy atom. The number of H-pyrrole nitrogens is 1. The van der Waals surface area contributed by atoms with Crippen molar-refractivity contribution < 1.29 is 19.6 Å². The Morgan fingerprint density at radius 3 is 2.66 bits per heavy atom. The van der Waals surface area contributed by atoms with Crippen LogP contribution in [0.1, 0.15) is 23.2 Å². The molecule has 3 N–H and O–H groups in total. The van der Waals surface area contributed by atoms with Gasteiger partial charge in [-0.3, -0.25) is 19.7 Å². The number of azo groups is 1. The first-order valence-corrected chi connectivity index (χ1v) is 8.72. The highest BCUT2D eigenvalue weighted by molar-refractivity contribution is 5.96. The van der Waals surface area contributed by atoms with Crippen molar-refractivity contribution in [1.82, 2.24) is 10.3 Å². The molecule has 1 heterocycles. The summed E-state index contributed by atoms with van der Waals surface area (Å²) in [6.07, 6.45) is 0.406. The lowest BCUT2D eigenvalue weighted by atomic mass is 10.2. The number of aromatic nitrogens is 1. The van der Waals surface area contributed by atoms with Crippen molar-refractivity contribution in [2.75, 3.05) is 6.54 Å². The second kappa shape index (κ2) is 8.74. The molecule has 148 valence electrons. The summed E-state index contributed by atoms with van der Waals surface area (Å²) in [6.45, 7) is 0.291. The van der Waals surface area contributed by atoms with Crippen molar-refractivity contribution in [1.29, 1.82) is 0 Å². The highest BCUT2D eigenvalue weighted by Gasteiger charge is 2.15. The normalized spacial score (nSPS) is 11.0. The van der Waals surface area contributed by atoms with Gasteiger partial charge in [-0.15, -0.1) is 10.2 Å². The number of nitrogens with zero attached hydrogens (tertiary/aromatic N) is 3. The standard InChI is InChI=1S/C19H17N5O5/c25-16(7-4-10-20-18(26)12-5-2-1-3-6-12)22-23-17-14-11-13(24(28)29)8-9-15(14)21-19(17)27/h1-3,5-6,8-9,11,21,27H,4,7,10H2,(H,20,26). The Morgan fingerprint density at radius 2 is 1.93 bits per heavy atom. The summed E-state index contributed by atoms with van der Waals surface area (Å²) in [4.78, 5) is 36.7. The highest BCUT2D eigenvalue weighted by Crippen LogP contribution is 2.37. The van der Waals surface area contributed by atoms with Gasteiger partial charge in [0.15, 0.2) is 5.69 Å². The van der Waals surface area contributed by atoms with E-state index in [1.165, 1.54) is 18.2 Å². The molecule has 10 heteroatoms. The van der Waals surface area contributed by atoms with Crippen molar-refractivity contribution in [3.63, 3.8) is 0 Å². The maximum absolute atomic E-state index is 11.9. The molecule has 3 aromatic rings. The zero-order valence-corrected chi connectivity index (χ0v) is 15.2. The van der Waals surface area contributed by atoms with E-state index in [9.17, 15) is 24.8 Å². The van der Waals surface area contributed by atoms with E-state index in [0.29, 0.717) is 24.0 Å². The molecule has 0 fully saturated rings. The Kier molecular flexibility index (Phi) is 5.93. The van der Waals surface area contributed by atoms with Crippen LogP contribution >= 0.6 is 0 Å². The Hall–Kier alpha value is -4.08. The van der Waals surface area contributed by atoms with E-state index in [0.717, 1.165) is 0 Å². The van der Waals surface area contributed by atoms with Crippen LogP contribution in [0.15, 0.2) is 58.8 Å². The SMILES string of the molecule is O=C(CCCNC(=O)c1ccccc1)N=Nc1c(O)[nH]c2ccc([N+](=O)[O-])cc12. The number of nitro benzene ring substituents is 1. The minimum atomic E-state index is -0.570. The number of carbonyl (C=O) groups excluding carboxylic acids is 2. The molecule has 10 nitrogen and oxygen atoms in total. The maximum Gasteiger partial charge on any atom is 0.270 e. The number of nitro groups is 1. The average molecular weight is 395 g/mol. The second-order valence-electron chi connectivity index (χ2n) is 6.13. The predicted molar refractivity (Wildman–Crippen MR) is 104 cm³/mol. The fourth-order valence-corrected chi connectivity index (χ4v) is 2.66. The Bertz CT molecular complexity index is 1090. The fraction of sp³-hybridized carbons (Fsp3) is 0.158. The van der Waals surface area contributed by atoms with Crippen LogP contribution < -0.4 is 5.32 Å². The van der Waals surface area contributed by atoms with Gasteiger partial charge in [0.25, 0.3) is 17.5 Å².